The molecule has 3 aromatic rings. The summed E-state index contributed by atoms with van der Waals surface area (Å²) in [5.74, 6) is -1.24. The Kier molecular flexibility index (Phi) is 9.08. The Morgan fingerprint density at radius 3 is 2.95 bits per heavy atom. The number of carbonyl (C=O) groups is 3. The number of hydrogen-bond acceptors (Lipinski definition) is 13. The molecule has 2 aliphatic rings. The number of aryl methyl sites for hydroxylation is 1. The quantitative estimate of drug-likeness (QED) is 0.0567. The van der Waals surface area contributed by atoms with Gasteiger partial charge in [0.15, 0.2) is 10.8 Å². The van der Waals surface area contributed by atoms with Crippen LogP contribution in [-0.2, 0) is 26.7 Å². The van der Waals surface area contributed by atoms with E-state index < -0.39 is 34.9 Å². The summed E-state index contributed by atoms with van der Waals surface area (Å²) in [7, 11) is 0. The summed E-state index contributed by atoms with van der Waals surface area (Å²) in [6, 6.07) is 0.747. The number of thiazole rings is 1. The van der Waals surface area contributed by atoms with Crippen LogP contribution in [0, 0.1) is 0 Å². The first-order chi connectivity index (χ1) is 19.8. The van der Waals surface area contributed by atoms with Crippen LogP contribution < -0.4 is 20.7 Å². The maximum atomic E-state index is 13.1. The number of H-pyrrole nitrogens is 1. The van der Waals surface area contributed by atoms with Gasteiger partial charge in [-0.25, -0.2) is 9.55 Å². The van der Waals surface area contributed by atoms with Gasteiger partial charge in [0.2, 0.25) is 6.33 Å². The van der Waals surface area contributed by atoms with Gasteiger partial charge in [-0.3, -0.25) is 24.5 Å². The number of carboxylic acids is 1. The van der Waals surface area contributed by atoms with Crippen molar-refractivity contribution in [3.05, 3.63) is 63.4 Å². The largest absolute Gasteiger partial charge is 0.543 e. The number of nitrogen functional groups attached to an aromatic ring is 1. The number of oxime groups is 1. The normalized spacial score (nSPS) is 18.7. The number of nitrogens with one attached hydrogen (secondary N) is 2. The van der Waals surface area contributed by atoms with Crippen molar-refractivity contribution in [2.75, 3.05) is 17.2 Å². The molecular formula is C23H21ClN8O5S4. The molecule has 18 heteroatoms. The van der Waals surface area contributed by atoms with Gasteiger partial charge in [0.1, 0.15) is 33.8 Å². The Bertz CT molecular complexity index is 1550. The molecule has 0 saturated carbocycles. The van der Waals surface area contributed by atoms with Crippen molar-refractivity contribution < 1.29 is 29.3 Å². The number of fused-ring (bicyclic) bond motifs is 1. The van der Waals surface area contributed by atoms with Gasteiger partial charge in [-0.05, 0) is 11.6 Å². The van der Waals surface area contributed by atoms with Crippen LogP contribution in [0.3, 0.4) is 0 Å². The second-order valence-electron chi connectivity index (χ2n) is 8.53. The van der Waals surface area contributed by atoms with Gasteiger partial charge in [0, 0.05) is 39.5 Å². The van der Waals surface area contributed by atoms with Crippen LogP contribution in [0.2, 0.25) is 4.34 Å². The Morgan fingerprint density at radius 2 is 2.27 bits per heavy atom. The highest BCUT2D eigenvalue weighted by Gasteiger charge is 2.53. The topological polar surface area (TPSA) is 194 Å². The van der Waals surface area contributed by atoms with Crippen LogP contribution in [0.25, 0.3) is 0 Å². The number of aliphatic carboxylic acids is 1. The molecule has 0 radical (unpaired) electrons. The number of aromatic amines is 1. The van der Waals surface area contributed by atoms with E-state index in [0.717, 1.165) is 39.0 Å². The van der Waals surface area contributed by atoms with Crippen LogP contribution in [0.15, 0.2) is 57.8 Å². The number of anilines is 1. The van der Waals surface area contributed by atoms with E-state index in [2.05, 4.69) is 25.4 Å². The highest BCUT2D eigenvalue weighted by molar-refractivity contribution is 8.06. The molecule has 0 spiro atoms. The van der Waals surface area contributed by atoms with Gasteiger partial charge in [-0.2, -0.15) is 11.8 Å². The molecule has 5 heterocycles. The molecule has 1 saturated heterocycles. The molecule has 0 unspecified atom stereocenters. The monoisotopic (exact) mass is 652 g/mol. The van der Waals surface area contributed by atoms with Crippen molar-refractivity contribution in [2.45, 2.75) is 28.6 Å². The molecule has 41 heavy (non-hydrogen) atoms. The van der Waals surface area contributed by atoms with Crippen LogP contribution in [0.4, 0.5) is 5.13 Å². The molecule has 0 aliphatic carbocycles. The van der Waals surface area contributed by atoms with Gasteiger partial charge < -0.3 is 26.2 Å². The van der Waals surface area contributed by atoms with Crippen LogP contribution >= 0.6 is 58.2 Å². The fraction of sp³-hybridized carbons (Fsp3) is 0.261. The second kappa shape index (κ2) is 12.7. The summed E-state index contributed by atoms with van der Waals surface area (Å²) in [5.41, 5.74) is 5.67. The lowest BCUT2D eigenvalue weighted by Crippen LogP contribution is -2.71. The third-order valence-corrected chi connectivity index (χ3v) is 10.7. The van der Waals surface area contributed by atoms with Crippen molar-refractivity contribution in [3.63, 3.8) is 0 Å². The van der Waals surface area contributed by atoms with Crippen LogP contribution in [-0.4, -0.2) is 71.5 Å². The lowest BCUT2D eigenvalue weighted by atomic mass is 10.0. The maximum Gasteiger partial charge on any atom is 0.276 e. The highest BCUT2D eigenvalue weighted by Crippen LogP contribution is 2.45. The zero-order valence-electron chi connectivity index (χ0n) is 20.9. The number of thioether (sulfide) groups is 3. The Balaban J connectivity index is 1.28. The van der Waals surface area contributed by atoms with E-state index in [9.17, 15) is 24.7 Å². The van der Waals surface area contributed by atoms with Crippen molar-refractivity contribution in [2.24, 2.45) is 5.16 Å². The number of hydrogen-bond donors (Lipinski definition) is 4. The SMILES string of the molecule is Nc1nc(/C(=N/O)C(=O)N[C@@H]2C(=O)N3C(C(=O)[O-])=C(Sc4ccncc4CSCC[n+]4cc[nH]c4)CS[C@H]23)c(Cl)s1. The number of nitrogens with two attached hydrogens (primary N) is 1. The number of β-lactam (4-membered cyclic amide) rings is 1. The first kappa shape index (κ1) is 29.2. The number of carboxylic acid groups (broad SMARTS) is 1. The molecule has 2 amide bonds. The number of pyridine rings is 1. The zero-order valence-corrected chi connectivity index (χ0v) is 24.9. The number of nitrogens with zero attached hydrogens (tertiary/aromatic N) is 5. The van der Waals surface area contributed by atoms with Crippen molar-refractivity contribution in [1.82, 2.24) is 25.2 Å². The summed E-state index contributed by atoms with van der Waals surface area (Å²) >= 11 is 11.2. The molecule has 13 nitrogen and oxygen atoms in total. The van der Waals surface area contributed by atoms with E-state index in [4.69, 9.17) is 17.3 Å². The number of rotatable bonds is 11. The third kappa shape index (κ3) is 6.18. The van der Waals surface area contributed by atoms with Gasteiger partial charge in [-0.1, -0.05) is 39.9 Å². The Labute approximate surface area is 254 Å². The molecule has 1 fully saturated rings. The molecule has 2 atom stereocenters. The average Bonchev–Trinajstić information content (AvgIpc) is 3.59. The number of imidazole rings is 1. The lowest BCUT2D eigenvalue weighted by Gasteiger charge is -2.50. The summed E-state index contributed by atoms with van der Waals surface area (Å²) in [6.45, 7) is 0.834. The molecule has 5 N–H and O–H groups in total. The standard InChI is InChI=1S/C23H21ClN8O5S4/c24-18-14(29-23(25)41-18)15(30-37)19(33)28-16-20(34)32-17(22(35)36)13(9-39-21(16)32)40-12-1-2-26-7-11(12)8-38-6-5-31-4-3-27-10-31/h1-4,7,10,16,21H,5-6,8-9H2,(H5,25,28,29,33,35,36,37)/t16-,21-/m1/s1. The third-order valence-electron chi connectivity index (χ3n) is 6.00. The Morgan fingerprint density at radius 1 is 1.44 bits per heavy atom. The van der Waals surface area contributed by atoms with Crippen LogP contribution in [0.1, 0.15) is 11.3 Å². The van der Waals surface area contributed by atoms with E-state index in [-0.39, 0.29) is 26.6 Å². The van der Waals surface area contributed by atoms with E-state index in [1.54, 1.807) is 24.2 Å². The maximum absolute atomic E-state index is 13.1. The fourth-order valence-electron chi connectivity index (χ4n) is 4.10. The van der Waals surface area contributed by atoms with Crippen molar-refractivity contribution in [3.8, 4) is 0 Å². The zero-order chi connectivity index (χ0) is 29.1. The fourth-order valence-corrected chi connectivity index (χ4v) is 8.62. The minimum absolute atomic E-state index is 0.0383. The summed E-state index contributed by atoms with van der Waals surface area (Å²) in [6.07, 6.45) is 9.07. The lowest BCUT2D eigenvalue weighted by molar-refractivity contribution is -0.691. The number of aromatic nitrogens is 4. The minimum Gasteiger partial charge on any atom is -0.543 e. The minimum atomic E-state index is -1.49. The molecule has 2 aliphatic heterocycles. The molecule has 0 bridgehead atoms. The molecule has 5 rings (SSSR count). The van der Waals surface area contributed by atoms with Gasteiger partial charge >= 0.3 is 0 Å². The van der Waals surface area contributed by atoms with Gasteiger partial charge in [-0.15, -0.1) is 11.8 Å². The van der Waals surface area contributed by atoms with Gasteiger partial charge in [0.05, 0.1) is 18.2 Å². The molecular weight excluding hydrogens is 632 g/mol. The van der Waals surface area contributed by atoms with E-state index in [1.165, 1.54) is 23.5 Å². The summed E-state index contributed by atoms with van der Waals surface area (Å²) in [5, 5.41) is 26.5. The highest BCUT2D eigenvalue weighted by atomic mass is 35.5. The van der Waals surface area contributed by atoms with Gasteiger partial charge in [0.25, 0.3) is 11.8 Å². The van der Waals surface area contributed by atoms with E-state index in [0.29, 0.717) is 10.7 Å². The van der Waals surface area contributed by atoms with Crippen LogP contribution in [0.5, 0.6) is 0 Å². The first-order valence-corrected chi connectivity index (χ1v) is 16.0. The molecule has 214 valence electrons. The van der Waals surface area contributed by atoms with Crippen molar-refractivity contribution >= 4 is 86.9 Å². The average molecular weight is 653 g/mol. The predicted molar refractivity (Wildman–Crippen MR) is 154 cm³/mol. The number of halogens is 1. The molecule has 0 aromatic carbocycles. The molecule has 3 aromatic heterocycles. The summed E-state index contributed by atoms with van der Waals surface area (Å²) < 4.78 is 2.08. The second-order valence-corrected chi connectivity index (χ2v) is 13.5. The number of carbonyl (C=O) groups excluding carboxylic acids is 3. The Hall–Kier alpha value is -3.25. The van der Waals surface area contributed by atoms with Crippen molar-refractivity contribution in [1.29, 1.82) is 0 Å². The van der Waals surface area contributed by atoms with E-state index in [1.807, 2.05) is 29.4 Å². The van der Waals surface area contributed by atoms with E-state index >= 15 is 0 Å². The smallest absolute Gasteiger partial charge is 0.276 e. The predicted octanol–water partition coefficient (Wildman–Crippen LogP) is 0.655. The number of amides is 2. The summed E-state index contributed by atoms with van der Waals surface area (Å²) in [4.78, 5) is 51.6. The first-order valence-electron chi connectivity index (χ1n) is 11.8.